The molecule has 0 spiro atoms. The Bertz CT molecular complexity index is 622. The average molecular weight is 389 g/mol. The molecular formula is C24H37FN2O. The minimum Gasteiger partial charge on any atom is -0.394 e. The highest BCUT2D eigenvalue weighted by Crippen LogP contribution is 2.31. The molecule has 0 radical (unpaired) electrons. The van der Waals surface area contributed by atoms with Crippen LogP contribution in [0.4, 0.5) is 4.39 Å². The molecule has 1 fully saturated rings. The summed E-state index contributed by atoms with van der Waals surface area (Å²) in [5.41, 5.74) is 3.40. The lowest BCUT2D eigenvalue weighted by Gasteiger charge is -2.26. The summed E-state index contributed by atoms with van der Waals surface area (Å²) in [6.07, 6.45) is 13.2. The Morgan fingerprint density at radius 1 is 1.14 bits per heavy atom. The van der Waals surface area contributed by atoms with Crippen molar-refractivity contribution in [1.29, 1.82) is 0 Å². The van der Waals surface area contributed by atoms with E-state index >= 15 is 0 Å². The average Bonchev–Trinajstić information content (AvgIpc) is 2.68. The molecule has 0 amide bonds. The van der Waals surface area contributed by atoms with Crippen LogP contribution in [0.15, 0.2) is 35.0 Å². The monoisotopic (exact) mass is 388 g/mol. The standard InChI is InChI=1S/C24H37FN2O/c1-4-5-6-7-8-10-21-11-9-12-22(19-20-13-15-23(25)16-14-20)24(21)26-28-18-17-27(2)3/h13-16,19,21H,4-12,17-18H2,1-3H3/b22-19+,26-24+/t21-/m1/s1. The van der Waals surface area contributed by atoms with Crippen molar-refractivity contribution < 1.29 is 9.23 Å². The van der Waals surface area contributed by atoms with Gasteiger partial charge in [-0.1, -0.05) is 56.3 Å². The summed E-state index contributed by atoms with van der Waals surface area (Å²) in [5.74, 6) is 0.276. The van der Waals surface area contributed by atoms with Gasteiger partial charge in [-0.05, 0) is 69.1 Å². The van der Waals surface area contributed by atoms with Gasteiger partial charge in [0.2, 0.25) is 0 Å². The van der Waals surface area contributed by atoms with Gasteiger partial charge in [0, 0.05) is 12.5 Å². The van der Waals surface area contributed by atoms with E-state index in [4.69, 9.17) is 4.84 Å². The number of likely N-dealkylation sites (N-methyl/N-ethyl adjacent to an activating group) is 1. The van der Waals surface area contributed by atoms with Crippen molar-refractivity contribution >= 4 is 11.8 Å². The molecule has 0 aromatic heterocycles. The zero-order valence-corrected chi connectivity index (χ0v) is 17.9. The summed E-state index contributed by atoms with van der Waals surface area (Å²) in [7, 11) is 4.08. The lowest BCUT2D eigenvalue weighted by molar-refractivity contribution is 0.124. The van der Waals surface area contributed by atoms with Crippen LogP contribution in [-0.2, 0) is 4.84 Å². The van der Waals surface area contributed by atoms with Gasteiger partial charge in [0.05, 0.1) is 5.71 Å². The molecular weight excluding hydrogens is 351 g/mol. The molecule has 0 heterocycles. The molecule has 2 rings (SSSR count). The van der Waals surface area contributed by atoms with Crippen LogP contribution in [0.3, 0.4) is 0 Å². The Balaban J connectivity index is 2.08. The summed E-state index contributed by atoms with van der Waals surface area (Å²) in [4.78, 5) is 7.79. The Labute approximate surface area is 170 Å². The molecule has 0 saturated heterocycles. The predicted octanol–water partition coefficient (Wildman–Crippen LogP) is 6.30. The lowest BCUT2D eigenvalue weighted by atomic mass is 9.80. The van der Waals surface area contributed by atoms with Gasteiger partial charge in [-0.3, -0.25) is 0 Å². The first kappa shape index (κ1) is 22.6. The van der Waals surface area contributed by atoms with E-state index in [9.17, 15) is 4.39 Å². The third-order valence-corrected chi connectivity index (χ3v) is 5.37. The first-order chi connectivity index (χ1) is 13.6. The number of hydrogen-bond acceptors (Lipinski definition) is 3. The number of hydrogen-bond donors (Lipinski definition) is 0. The fraction of sp³-hybridized carbons (Fsp3) is 0.625. The topological polar surface area (TPSA) is 24.8 Å². The maximum Gasteiger partial charge on any atom is 0.129 e. The van der Waals surface area contributed by atoms with E-state index in [1.807, 2.05) is 26.2 Å². The molecule has 156 valence electrons. The minimum absolute atomic E-state index is 0.198. The molecule has 1 atom stereocenters. The van der Waals surface area contributed by atoms with E-state index in [2.05, 4.69) is 23.1 Å². The fourth-order valence-electron chi connectivity index (χ4n) is 3.72. The Hall–Kier alpha value is -1.68. The molecule has 0 bridgehead atoms. The smallest absolute Gasteiger partial charge is 0.129 e. The number of rotatable bonds is 11. The van der Waals surface area contributed by atoms with Gasteiger partial charge in [0.1, 0.15) is 12.4 Å². The van der Waals surface area contributed by atoms with Crippen molar-refractivity contribution in [2.75, 3.05) is 27.2 Å². The van der Waals surface area contributed by atoms with Gasteiger partial charge in [-0.15, -0.1) is 0 Å². The van der Waals surface area contributed by atoms with E-state index < -0.39 is 0 Å². The minimum atomic E-state index is -0.198. The van der Waals surface area contributed by atoms with Gasteiger partial charge >= 0.3 is 0 Å². The summed E-state index contributed by atoms with van der Waals surface area (Å²) in [5, 5.41) is 4.59. The van der Waals surface area contributed by atoms with Crippen molar-refractivity contribution in [3.8, 4) is 0 Å². The van der Waals surface area contributed by atoms with Crippen molar-refractivity contribution in [2.24, 2.45) is 11.1 Å². The molecule has 1 saturated carbocycles. The molecule has 0 N–H and O–H groups in total. The highest BCUT2D eigenvalue weighted by molar-refractivity contribution is 6.05. The van der Waals surface area contributed by atoms with E-state index in [0.29, 0.717) is 12.5 Å². The van der Waals surface area contributed by atoms with Gasteiger partial charge in [0.15, 0.2) is 0 Å². The first-order valence-electron chi connectivity index (χ1n) is 10.9. The van der Waals surface area contributed by atoms with Gasteiger partial charge in [0.25, 0.3) is 0 Å². The maximum absolute atomic E-state index is 13.2. The van der Waals surface area contributed by atoms with Crippen molar-refractivity contribution in [1.82, 2.24) is 4.90 Å². The molecule has 4 heteroatoms. The zero-order chi connectivity index (χ0) is 20.2. The molecule has 1 aromatic carbocycles. The Morgan fingerprint density at radius 2 is 1.89 bits per heavy atom. The molecule has 0 aliphatic heterocycles. The van der Waals surface area contributed by atoms with Gasteiger partial charge < -0.3 is 9.74 Å². The lowest BCUT2D eigenvalue weighted by Crippen LogP contribution is -2.23. The van der Waals surface area contributed by atoms with Crippen LogP contribution in [-0.4, -0.2) is 37.9 Å². The largest absolute Gasteiger partial charge is 0.394 e. The van der Waals surface area contributed by atoms with Gasteiger partial charge in [-0.25, -0.2) is 4.39 Å². The summed E-state index contributed by atoms with van der Waals surface area (Å²) in [6.45, 7) is 3.71. The Morgan fingerprint density at radius 3 is 2.61 bits per heavy atom. The van der Waals surface area contributed by atoms with Crippen LogP contribution >= 0.6 is 0 Å². The number of nitrogens with zero attached hydrogens (tertiary/aromatic N) is 2. The van der Waals surface area contributed by atoms with Crippen LogP contribution in [0.1, 0.15) is 70.3 Å². The molecule has 1 aliphatic carbocycles. The van der Waals surface area contributed by atoms with E-state index in [1.165, 1.54) is 69.1 Å². The van der Waals surface area contributed by atoms with Gasteiger partial charge in [-0.2, -0.15) is 0 Å². The second-order valence-electron chi connectivity index (χ2n) is 8.13. The number of unbranched alkanes of at least 4 members (excludes halogenated alkanes) is 4. The number of halogens is 1. The third-order valence-electron chi connectivity index (χ3n) is 5.37. The summed E-state index contributed by atoms with van der Waals surface area (Å²) >= 11 is 0. The summed E-state index contributed by atoms with van der Waals surface area (Å²) < 4.78 is 13.2. The van der Waals surface area contributed by atoms with Crippen LogP contribution < -0.4 is 0 Å². The second kappa shape index (κ2) is 12.7. The maximum atomic E-state index is 13.2. The highest BCUT2D eigenvalue weighted by Gasteiger charge is 2.25. The normalized spacial score (nSPS) is 20.2. The van der Waals surface area contributed by atoms with Crippen LogP contribution in [0.25, 0.3) is 6.08 Å². The predicted molar refractivity (Wildman–Crippen MR) is 117 cm³/mol. The fourth-order valence-corrected chi connectivity index (χ4v) is 3.72. The van der Waals surface area contributed by atoms with Crippen LogP contribution in [0.2, 0.25) is 0 Å². The van der Waals surface area contributed by atoms with Crippen LogP contribution in [0.5, 0.6) is 0 Å². The third kappa shape index (κ3) is 8.14. The van der Waals surface area contributed by atoms with Crippen LogP contribution in [0, 0.1) is 11.7 Å². The number of oxime groups is 1. The molecule has 3 nitrogen and oxygen atoms in total. The molecule has 1 aliphatic rings. The zero-order valence-electron chi connectivity index (χ0n) is 17.9. The molecule has 0 unspecified atom stereocenters. The van der Waals surface area contributed by atoms with E-state index in [1.54, 1.807) is 0 Å². The van der Waals surface area contributed by atoms with Crippen molar-refractivity contribution in [2.45, 2.75) is 64.7 Å². The highest BCUT2D eigenvalue weighted by atomic mass is 19.1. The number of allylic oxidation sites excluding steroid dienone is 1. The quantitative estimate of drug-likeness (QED) is 0.328. The van der Waals surface area contributed by atoms with E-state index in [-0.39, 0.29) is 5.82 Å². The number of benzene rings is 1. The molecule has 28 heavy (non-hydrogen) atoms. The SMILES string of the molecule is CCCCCCC[C@@H]1CCCC(=C\c2ccc(F)cc2)/C1=N/OCCN(C)C. The molecule has 1 aromatic rings. The first-order valence-corrected chi connectivity index (χ1v) is 10.9. The van der Waals surface area contributed by atoms with Crippen molar-refractivity contribution in [3.63, 3.8) is 0 Å². The second-order valence-corrected chi connectivity index (χ2v) is 8.13. The Kier molecular flexibility index (Phi) is 10.3. The van der Waals surface area contributed by atoms with Crippen molar-refractivity contribution in [3.05, 3.63) is 41.2 Å². The summed E-state index contributed by atoms with van der Waals surface area (Å²) in [6, 6.07) is 6.71. The van der Waals surface area contributed by atoms with E-state index in [0.717, 1.165) is 24.2 Å².